The molecule has 0 aliphatic carbocycles. The van der Waals surface area contributed by atoms with Crippen LogP contribution in [-0.4, -0.2) is 11.1 Å². The first-order valence-corrected chi connectivity index (χ1v) is 7.74. The average Bonchev–Trinajstić information content (AvgIpc) is 2.79. The van der Waals surface area contributed by atoms with Gasteiger partial charge in [0.05, 0.1) is 17.9 Å². The average molecular weight is 297 g/mol. The molecule has 22 heavy (non-hydrogen) atoms. The molecule has 0 radical (unpaired) electrons. The standard InChI is InChI=1S/C18H19NO3/c1-12(2)21-17-14-11-13-7-3-4-8-15(13)19-16(14)18(22-17)9-5-6-10-20-18/h3-4,6-8,10-12,17H,5,9H2,1-2H3/t17-,18-/m1/s1. The van der Waals surface area contributed by atoms with Crippen LogP contribution in [0.1, 0.15) is 44.2 Å². The van der Waals surface area contributed by atoms with Gasteiger partial charge >= 0.3 is 0 Å². The summed E-state index contributed by atoms with van der Waals surface area (Å²) >= 11 is 0. The number of nitrogens with zero attached hydrogens (tertiary/aromatic N) is 1. The Kier molecular flexibility index (Phi) is 3.17. The second-order valence-corrected chi connectivity index (χ2v) is 6.03. The minimum absolute atomic E-state index is 0.0682. The van der Waals surface area contributed by atoms with Gasteiger partial charge in [-0.15, -0.1) is 0 Å². The maximum Gasteiger partial charge on any atom is 0.256 e. The van der Waals surface area contributed by atoms with Crippen LogP contribution >= 0.6 is 0 Å². The van der Waals surface area contributed by atoms with Crippen molar-refractivity contribution in [2.75, 3.05) is 0 Å². The van der Waals surface area contributed by atoms with Crippen molar-refractivity contribution in [2.24, 2.45) is 0 Å². The highest BCUT2D eigenvalue weighted by molar-refractivity contribution is 5.79. The number of allylic oxidation sites excluding steroid dienone is 1. The van der Waals surface area contributed by atoms with Gasteiger partial charge in [0.1, 0.15) is 5.69 Å². The highest BCUT2D eigenvalue weighted by Crippen LogP contribution is 2.49. The van der Waals surface area contributed by atoms with Gasteiger partial charge in [0.15, 0.2) is 6.29 Å². The molecule has 0 unspecified atom stereocenters. The summed E-state index contributed by atoms with van der Waals surface area (Å²) in [7, 11) is 0. The van der Waals surface area contributed by atoms with Crippen LogP contribution in [-0.2, 0) is 20.0 Å². The summed E-state index contributed by atoms with van der Waals surface area (Å²) in [5.74, 6) is -0.812. The van der Waals surface area contributed by atoms with Gasteiger partial charge in [0.25, 0.3) is 5.79 Å². The van der Waals surface area contributed by atoms with E-state index in [1.807, 2.05) is 38.1 Å². The van der Waals surface area contributed by atoms with Crippen molar-refractivity contribution in [3.63, 3.8) is 0 Å². The number of fused-ring (bicyclic) bond motifs is 3. The molecule has 4 nitrogen and oxygen atoms in total. The second-order valence-electron chi connectivity index (χ2n) is 6.03. The summed E-state index contributed by atoms with van der Waals surface area (Å²) in [6.07, 6.45) is 5.01. The fourth-order valence-electron chi connectivity index (χ4n) is 3.08. The maximum absolute atomic E-state index is 6.18. The van der Waals surface area contributed by atoms with E-state index in [9.17, 15) is 0 Å². The minimum atomic E-state index is -0.812. The number of rotatable bonds is 2. The Balaban J connectivity index is 1.88. The summed E-state index contributed by atoms with van der Waals surface area (Å²) in [4.78, 5) is 4.83. The smallest absolute Gasteiger partial charge is 0.256 e. The zero-order valence-corrected chi connectivity index (χ0v) is 12.8. The van der Waals surface area contributed by atoms with E-state index in [0.29, 0.717) is 0 Å². The molecule has 0 bridgehead atoms. The Hall–Kier alpha value is -1.91. The molecule has 0 amide bonds. The monoisotopic (exact) mass is 297 g/mol. The normalized spacial score (nSPS) is 26.6. The predicted molar refractivity (Wildman–Crippen MR) is 82.9 cm³/mol. The summed E-state index contributed by atoms with van der Waals surface area (Å²) in [6.45, 7) is 4.01. The van der Waals surface area contributed by atoms with Gasteiger partial charge in [-0.1, -0.05) is 18.2 Å². The van der Waals surface area contributed by atoms with Crippen molar-refractivity contribution in [2.45, 2.75) is 44.9 Å². The number of para-hydroxylation sites is 1. The second kappa shape index (κ2) is 5.07. The third-order valence-corrected chi connectivity index (χ3v) is 4.06. The van der Waals surface area contributed by atoms with Gasteiger partial charge in [-0.3, -0.25) is 0 Å². The molecule has 1 aromatic heterocycles. The van der Waals surface area contributed by atoms with E-state index >= 15 is 0 Å². The van der Waals surface area contributed by atoms with E-state index in [0.717, 1.165) is 35.0 Å². The Morgan fingerprint density at radius 3 is 2.95 bits per heavy atom. The van der Waals surface area contributed by atoms with Crippen LogP contribution in [0, 0.1) is 0 Å². The van der Waals surface area contributed by atoms with Crippen LogP contribution in [0.5, 0.6) is 0 Å². The Morgan fingerprint density at radius 2 is 2.18 bits per heavy atom. The molecule has 0 N–H and O–H groups in total. The van der Waals surface area contributed by atoms with E-state index in [2.05, 4.69) is 12.1 Å². The minimum Gasteiger partial charge on any atom is -0.464 e. The molecule has 2 aliphatic heterocycles. The number of ether oxygens (including phenoxy) is 3. The van der Waals surface area contributed by atoms with E-state index in [4.69, 9.17) is 19.2 Å². The summed E-state index contributed by atoms with van der Waals surface area (Å²) in [5.41, 5.74) is 2.77. The molecule has 0 saturated carbocycles. The van der Waals surface area contributed by atoms with Crippen LogP contribution in [0.4, 0.5) is 0 Å². The number of hydrogen-bond donors (Lipinski definition) is 0. The molecule has 1 spiro atoms. The molecule has 114 valence electrons. The van der Waals surface area contributed by atoms with Gasteiger partial charge < -0.3 is 14.2 Å². The van der Waals surface area contributed by atoms with E-state index in [1.165, 1.54) is 0 Å². The summed E-state index contributed by atoms with van der Waals surface area (Å²) in [6, 6.07) is 10.2. The molecule has 2 aliphatic rings. The third-order valence-electron chi connectivity index (χ3n) is 4.06. The SMILES string of the molecule is CC(C)O[C@@H]1O[C@]2(CCC=CO2)c2nc3ccccc3cc21. The zero-order valence-electron chi connectivity index (χ0n) is 12.8. The first-order valence-electron chi connectivity index (χ1n) is 7.74. The van der Waals surface area contributed by atoms with Gasteiger partial charge in [-0.2, -0.15) is 0 Å². The molecule has 2 atom stereocenters. The number of pyridine rings is 1. The van der Waals surface area contributed by atoms with Gasteiger partial charge in [-0.05, 0) is 38.5 Å². The molecule has 1 aromatic carbocycles. The van der Waals surface area contributed by atoms with Crippen molar-refractivity contribution >= 4 is 10.9 Å². The molecule has 4 heteroatoms. The van der Waals surface area contributed by atoms with E-state index in [1.54, 1.807) is 6.26 Å². The van der Waals surface area contributed by atoms with Crippen LogP contribution in [0.15, 0.2) is 42.7 Å². The Morgan fingerprint density at radius 1 is 1.32 bits per heavy atom. The lowest BCUT2D eigenvalue weighted by atomic mass is 10.0. The molecule has 2 aromatic rings. The molecular formula is C18H19NO3. The molecule has 4 rings (SSSR count). The molecule has 0 saturated heterocycles. The quantitative estimate of drug-likeness (QED) is 0.834. The fourth-order valence-corrected chi connectivity index (χ4v) is 3.08. The highest BCUT2D eigenvalue weighted by Gasteiger charge is 2.49. The first-order chi connectivity index (χ1) is 10.7. The highest BCUT2D eigenvalue weighted by atomic mass is 16.8. The topological polar surface area (TPSA) is 40.6 Å². The molecule has 0 fully saturated rings. The van der Waals surface area contributed by atoms with Crippen molar-refractivity contribution in [3.05, 3.63) is 53.9 Å². The van der Waals surface area contributed by atoms with Gasteiger partial charge in [0, 0.05) is 17.4 Å². The van der Waals surface area contributed by atoms with Crippen LogP contribution in [0.25, 0.3) is 10.9 Å². The first kappa shape index (κ1) is 13.7. The number of aromatic nitrogens is 1. The lowest BCUT2D eigenvalue weighted by Crippen LogP contribution is -2.30. The predicted octanol–water partition coefficient (Wildman–Crippen LogP) is 4.17. The number of hydrogen-bond acceptors (Lipinski definition) is 4. The lowest BCUT2D eigenvalue weighted by Gasteiger charge is -2.30. The van der Waals surface area contributed by atoms with Gasteiger partial charge in [-0.25, -0.2) is 4.98 Å². The number of benzene rings is 1. The largest absolute Gasteiger partial charge is 0.464 e. The summed E-state index contributed by atoms with van der Waals surface area (Å²) < 4.78 is 18.0. The maximum atomic E-state index is 6.18. The van der Waals surface area contributed by atoms with Crippen molar-refractivity contribution in [1.29, 1.82) is 0 Å². The molecule has 3 heterocycles. The fraction of sp³-hybridized carbons (Fsp3) is 0.389. The van der Waals surface area contributed by atoms with Crippen LogP contribution in [0.2, 0.25) is 0 Å². The van der Waals surface area contributed by atoms with Crippen molar-refractivity contribution in [3.8, 4) is 0 Å². The van der Waals surface area contributed by atoms with Gasteiger partial charge in [0.2, 0.25) is 0 Å². The van der Waals surface area contributed by atoms with Crippen molar-refractivity contribution < 1.29 is 14.2 Å². The lowest BCUT2D eigenvalue weighted by molar-refractivity contribution is -0.298. The zero-order chi connectivity index (χ0) is 15.2. The van der Waals surface area contributed by atoms with Crippen LogP contribution in [0.3, 0.4) is 0 Å². The van der Waals surface area contributed by atoms with E-state index < -0.39 is 12.1 Å². The van der Waals surface area contributed by atoms with Crippen molar-refractivity contribution in [1.82, 2.24) is 4.98 Å². The van der Waals surface area contributed by atoms with Crippen LogP contribution < -0.4 is 0 Å². The Labute approximate surface area is 129 Å². The Bertz CT molecular complexity index is 740. The summed E-state index contributed by atoms with van der Waals surface area (Å²) in [5, 5.41) is 1.09. The third kappa shape index (κ3) is 2.11. The molecular weight excluding hydrogens is 278 g/mol. The van der Waals surface area contributed by atoms with E-state index in [-0.39, 0.29) is 6.10 Å².